The number of rotatable bonds is 0. The van der Waals surface area contributed by atoms with Gasteiger partial charge in [-0.1, -0.05) is 0 Å². The Balaban J connectivity index is 2.00. The topological polar surface area (TPSA) is 9.23 Å². The van der Waals surface area contributed by atoms with E-state index >= 15 is 0 Å². The van der Waals surface area contributed by atoms with Crippen molar-refractivity contribution in [3.05, 3.63) is 0 Å². The van der Waals surface area contributed by atoms with Crippen LogP contribution in [0.1, 0.15) is 12.8 Å². The normalized spacial score (nSPS) is 24.0. The molecule has 0 bridgehead atoms. The van der Waals surface area contributed by atoms with E-state index in [4.69, 9.17) is 3.39 Å². The summed E-state index contributed by atoms with van der Waals surface area (Å²) in [5.41, 5.74) is 0. The molecule has 6 heavy (non-hydrogen) atoms. The van der Waals surface area contributed by atoms with Gasteiger partial charge in [0.25, 0.3) is 0 Å². The van der Waals surface area contributed by atoms with Crippen molar-refractivity contribution in [1.82, 2.24) is 0 Å². The van der Waals surface area contributed by atoms with Gasteiger partial charge in [-0.25, -0.2) is 0 Å². The third-order valence-corrected chi connectivity index (χ3v) is 3.62. The summed E-state index contributed by atoms with van der Waals surface area (Å²) in [5.74, 6) is 0. The van der Waals surface area contributed by atoms with E-state index in [0.717, 1.165) is 6.61 Å². The van der Waals surface area contributed by atoms with Gasteiger partial charge in [0.05, 0.1) is 0 Å². The molecule has 1 aliphatic heterocycles. The van der Waals surface area contributed by atoms with Gasteiger partial charge in [0.15, 0.2) is 0 Å². The molecule has 0 aliphatic carbocycles. The van der Waals surface area contributed by atoms with Gasteiger partial charge in [0, 0.05) is 0 Å². The molecule has 1 rings (SSSR count). The van der Waals surface area contributed by atoms with Crippen molar-refractivity contribution in [3.8, 4) is 0 Å². The minimum atomic E-state index is -0.190. The van der Waals surface area contributed by atoms with E-state index in [1.54, 1.807) is 0 Å². The fraction of sp³-hybridized carbons (Fsp3) is 1.00. The third kappa shape index (κ3) is 1.40. The molecule has 1 aliphatic rings. The molecule has 0 aromatic carbocycles. The molecule has 1 nitrogen and oxygen atoms in total. The zero-order chi connectivity index (χ0) is 4.24. The second kappa shape index (κ2) is 2.76. The molecule has 0 aromatic rings. The summed E-state index contributed by atoms with van der Waals surface area (Å²) in [6, 6.07) is 0. The summed E-state index contributed by atoms with van der Waals surface area (Å²) in [6.45, 7) is 1.07. The Kier molecular flexibility index (Phi) is 2.21. The van der Waals surface area contributed by atoms with Crippen molar-refractivity contribution in [2.45, 2.75) is 17.7 Å². The monoisotopic (exact) mass is 256 g/mol. The second-order valence-electron chi connectivity index (χ2n) is 1.35. The SMILES string of the molecule is C1C[CH2][W][O]C1. The molecule has 0 N–H and O–H groups in total. The van der Waals surface area contributed by atoms with Crippen LogP contribution in [0.25, 0.3) is 0 Å². The first-order valence-corrected chi connectivity index (χ1v) is 5.52. The minimum absolute atomic E-state index is 0.190. The van der Waals surface area contributed by atoms with E-state index in [2.05, 4.69) is 0 Å². The summed E-state index contributed by atoms with van der Waals surface area (Å²) >= 11 is -0.190. The fourth-order valence-electron chi connectivity index (χ4n) is 0.440. The standard InChI is InChI=1S/C4H8O.W/c1-2-3-4-5;/h1-4H2;/q-1;+1. The van der Waals surface area contributed by atoms with Gasteiger partial charge in [-0.2, -0.15) is 0 Å². The first-order valence-electron chi connectivity index (χ1n) is 2.24. The van der Waals surface area contributed by atoms with E-state index in [1.165, 1.54) is 17.7 Å². The Hall–Kier alpha value is 0.648. The number of hydrogen-bond donors (Lipinski definition) is 0. The van der Waals surface area contributed by atoms with Crippen molar-refractivity contribution >= 4 is 0 Å². The zero-order valence-electron chi connectivity index (χ0n) is 3.64. The average Bonchev–Trinajstić information content (AvgIpc) is 1.72. The molecule has 0 spiro atoms. The molecule has 0 radical (unpaired) electrons. The van der Waals surface area contributed by atoms with E-state index < -0.39 is 0 Å². The first kappa shape index (κ1) is 4.80. The van der Waals surface area contributed by atoms with E-state index in [1.807, 2.05) is 0 Å². The molecular weight excluding hydrogens is 248 g/mol. The predicted octanol–water partition coefficient (Wildman–Crippen LogP) is 1.21. The molecule has 0 atom stereocenters. The fourth-order valence-corrected chi connectivity index (χ4v) is 2.87. The van der Waals surface area contributed by atoms with Crippen LogP contribution in [0.4, 0.5) is 0 Å². The van der Waals surface area contributed by atoms with Crippen LogP contribution in [0.15, 0.2) is 0 Å². The zero-order valence-corrected chi connectivity index (χ0v) is 6.58. The van der Waals surface area contributed by atoms with Gasteiger partial charge in [0.2, 0.25) is 0 Å². The van der Waals surface area contributed by atoms with Crippen molar-refractivity contribution in [2.24, 2.45) is 0 Å². The Morgan fingerprint density at radius 3 is 2.50 bits per heavy atom. The van der Waals surface area contributed by atoms with Crippen molar-refractivity contribution < 1.29 is 22.3 Å². The van der Waals surface area contributed by atoms with E-state index in [-0.39, 0.29) is 18.9 Å². The summed E-state index contributed by atoms with van der Waals surface area (Å²) in [4.78, 5) is 1.44. The predicted molar refractivity (Wildman–Crippen MR) is 20.0 cm³/mol. The summed E-state index contributed by atoms with van der Waals surface area (Å²) < 4.78 is 5.24. The molecule has 0 amide bonds. The van der Waals surface area contributed by atoms with Gasteiger partial charge >= 0.3 is 46.6 Å². The molecule has 36 valence electrons. The van der Waals surface area contributed by atoms with Crippen molar-refractivity contribution in [3.63, 3.8) is 0 Å². The van der Waals surface area contributed by atoms with Crippen molar-refractivity contribution in [1.29, 1.82) is 0 Å². The Bertz CT molecular complexity index is 23.0. The molecule has 1 heterocycles. The molecular formula is C4H8OW. The van der Waals surface area contributed by atoms with Crippen LogP contribution < -0.4 is 0 Å². The van der Waals surface area contributed by atoms with E-state index in [9.17, 15) is 0 Å². The Morgan fingerprint density at radius 1 is 1.33 bits per heavy atom. The molecule has 0 saturated carbocycles. The first-order chi connectivity index (χ1) is 3.00. The van der Waals surface area contributed by atoms with Crippen LogP contribution in [0.3, 0.4) is 0 Å². The molecule has 2 heteroatoms. The van der Waals surface area contributed by atoms with Gasteiger partial charge in [-0.15, -0.1) is 0 Å². The van der Waals surface area contributed by atoms with Crippen molar-refractivity contribution in [2.75, 3.05) is 6.61 Å². The maximum absolute atomic E-state index is 5.24. The number of hydrogen-bond acceptors (Lipinski definition) is 1. The Labute approximate surface area is 47.1 Å². The van der Waals surface area contributed by atoms with Gasteiger partial charge in [0.1, 0.15) is 0 Å². The Morgan fingerprint density at radius 2 is 2.33 bits per heavy atom. The third-order valence-electron chi connectivity index (χ3n) is 0.789. The van der Waals surface area contributed by atoms with Gasteiger partial charge < -0.3 is 0 Å². The van der Waals surface area contributed by atoms with Crippen LogP contribution in [0.5, 0.6) is 0 Å². The van der Waals surface area contributed by atoms with Crippen LogP contribution in [0.2, 0.25) is 4.81 Å². The van der Waals surface area contributed by atoms with Gasteiger partial charge in [-0.3, -0.25) is 0 Å². The van der Waals surface area contributed by atoms with Gasteiger partial charge in [-0.05, 0) is 0 Å². The van der Waals surface area contributed by atoms with Crippen LogP contribution in [0, 0.1) is 0 Å². The average molecular weight is 256 g/mol. The second-order valence-corrected chi connectivity index (χ2v) is 4.51. The van der Waals surface area contributed by atoms with E-state index in [0.29, 0.717) is 0 Å². The summed E-state index contributed by atoms with van der Waals surface area (Å²) in [6.07, 6.45) is 2.77. The van der Waals surface area contributed by atoms with Crippen LogP contribution >= 0.6 is 0 Å². The summed E-state index contributed by atoms with van der Waals surface area (Å²) in [7, 11) is 0. The maximum atomic E-state index is 5.24. The molecule has 0 unspecified atom stereocenters. The van der Waals surface area contributed by atoms with Crippen LogP contribution in [-0.4, -0.2) is 6.61 Å². The molecule has 1 saturated heterocycles. The van der Waals surface area contributed by atoms with Crippen LogP contribution in [-0.2, 0) is 22.3 Å². The quantitative estimate of drug-likeness (QED) is 0.633. The molecule has 1 fully saturated rings. The summed E-state index contributed by atoms with van der Waals surface area (Å²) in [5, 5.41) is 0. The molecule has 0 aromatic heterocycles.